The Kier molecular flexibility index (Phi) is 5.08. The predicted molar refractivity (Wildman–Crippen MR) is 113 cm³/mol. The fourth-order valence-electron chi connectivity index (χ4n) is 4.08. The van der Waals surface area contributed by atoms with Gasteiger partial charge in [0.05, 0.1) is 5.56 Å². The molecule has 1 aliphatic rings. The van der Waals surface area contributed by atoms with Gasteiger partial charge in [0, 0.05) is 23.5 Å². The van der Waals surface area contributed by atoms with Crippen molar-refractivity contribution in [3.63, 3.8) is 0 Å². The summed E-state index contributed by atoms with van der Waals surface area (Å²) in [6.45, 7) is 4.12. The molecule has 1 aliphatic heterocycles. The van der Waals surface area contributed by atoms with Gasteiger partial charge in [-0.1, -0.05) is 36.8 Å². The molecule has 0 spiro atoms. The molecular formula is C25H27NO2. The molecule has 3 nitrogen and oxygen atoms in total. The molecule has 0 fully saturated rings. The van der Waals surface area contributed by atoms with Crippen molar-refractivity contribution in [1.29, 1.82) is 0 Å². The van der Waals surface area contributed by atoms with Gasteiger partial charge >= 0.3 is 0 Å². The molecule has 3 heteroatoms. The molecule has 0 bridgehead atoms. The summed E-state index contributed by atoms with van der Waals surface area (Å²) in [5, 5.41) is 10.7. The molecule has 28 heavy (non-hydrogen) atoms. The van der Waals surface area contributed by atoms with Crippen LogP contribution in [-0.4, -0.2) is 10.1 Å². The van der Waals surface area contributed by atoms with E-state index in [4.69, 9.17) is 4.74 Å². The van der Waals surface area contributed by atoms with Crippen LogP contribution in [0.4, 0.5) is 0 Å². The molecule has 2 heterocycles. The van der Waals surface area contributed by atoms with Crippen LogP contribution in [0.5, 0.6) is 11.5 Å². The van der Waals surface area contributed by atoms with Crippen molar-refractivity contribution in [3.8, 4) is 22.6 Å². The maximum atomic E-state index is 10.7. The Hall–Kier alpha value is -2.81. The first kappa shape index (κ1) is 18.5. The van der Waals surface area contributed by atoms with Crippen LogP contribution in [0.25, 0.3) is 11.1 Å². The van der Waals surface area contributed by atoms with Gasteiger partial charge in [0.1, 0.15) is 17.1 Å². The van der Waals surface area contributed by atoms with Gasteiger partial charge in [0.2, 0.25) is 0 Å². The van der Waals surface area contributed by atoms with Crippen LogP contribution in [0.15, 0.2) is 60.9 Å². The third-order valence-electron chi connectivity index (χ3n) is 5.52. The van der Waals surface area contributed by atoms with Gasteiger partial charge in [-0.3, -0.25) is 4.98 Å². The van der Waals surface area contributed by atoms with Crippen molar-refractivity contribution < 1.29 is 9.84 Å². The topological polar surface area (TPSA) is 42.4 Å². The highest BCUT2D eigenvalue weighted by atomic mass is 16.5. The first-order chi connectivity index (χ1) is 13.5. The SMILES string of the molecule is CC1(C)Oc2cc(CCCCCc3ccccc3)cc(O)c2-c2cnccc21. The van der Waals surface area contributed by atoms with Crippen LogP contribution in [0.3, 0.4) is 0 Å². The number of unbranched alkanes of at least 4 members (excludes halogenated alkanes) is 2. The van der Waals surface area contributed by atoms with Crippen LogP contribution in [-0.2, 0) is 18.4 Å². The van der Waals surface area contributed by atoms with E-state index in [9.17, 15) is 5.11 Å². The third-order valence-corrected chi connectivity index (χ3v) is 5.52. The minimum atomic E-state index is -0.438. The van der Waals surface area contributed by atoms with Gasteiger partial charge in [-0.05, 0) is 68.9 Å². The van der Waals surface area contributed by atoms with Crippen LogP contribution in [0.1, 0.15) is 49.8 Å². The molecule has 0 atom stereocenters. The molecule has 4 rings (SSSR count). The number of aromatic nitrogens is 1. The second-order valence-corrected chi connectivity index (χ2v) is 8.07. The summed E-state index contributed by atoms with van der Waals surface area (Å²) in [6, 6.07) is 16.6. The van der Waals surface area contributed by atoms with Crippen molar-refractivity contribution in [3.05, 3.63) is 77.6 Å². The minimum Gasteiger partial charge on any atom is -0.507 e. The highest BCUT2D eigenvalue weighted by Crippen LogP contribution is 2.49. The summed E-state index contributed by atoms with van der Waals surface area (Å²) in [5.74, 6) is 1.03. The Balaban J connectivity index is 1.44. The molecular weight excluding hydrogens is 346 g/mol. The van der Waals surface area contributed by atoms with Crippen molar-refractivity contribution >= 4 is 0 Å². The van der Waals surface area contributed by atoms with E-state index in [0.717, 1.165) is 47.3 Å². The lowest BCUT2D eigenvalue weighted by Gasteiger charge is -2.35. The van der Waals surface area contributed by atoms with E-state index in [1.807, 2.05) is 18.3 Å². The molecule has 144 valence electrons. The zero-order chi connectivity index (χ0) is 19.6. The summed E-state index contributed by atoms with van der Waals surface area (Å²) in [6.07, 6.45) is 9.12. The molecule has 2 aromatic carbocycles. The standard InChI is InChI=1S/C25H27NO2/c1-25(2)21-13-14-26-17-20(21)24-22(27)15-19(16-23(24)28-25)12-8-4-7-11-18-9-5-3-6-10-18/h3,5-6,9-10,13-17,27H,4,7-8,11-12H2,1-2H3. The Morgan fingerprint density at radius 3 is 2.46 bits per heavy atom. The molecule has 0 aliphatic carbocycles. The molecule has 1 N–H and O–H groups in total. The molecule has 0 amide bonds. The summed E-state index contributed by atoms with van der Waals surface area (Å²) in [5.41, 5.74) is 4.86. The molecule has 0 saturated carbocycles. The quantitative estimate of drug-likeness (QED) is 0.536. The number of benzene rings is 2. The van der Waals surface area contributed by atoms with Crippen molar-refractivity contribution in [2.24, 2.45) is 0 Å². The van der Waals surface area contributed by atoms with Crippen LogP contribution in [0.2, 0.25) is 0 Å². The van der Waals surface area contributed by atoms with Crippen LogP contribution in [0, 0.1) is 0 Å². The first-order valence-electron chi connectivity index (χ1n) is 10.1. The average molecular weight is 373 g/mol. The zero-order valence-corrected chi connectivity index (χ0v) is 16.6. The Morgan fingerprint density at radius 1 is 0.929 bits per heavy atom. The Morgan fingerprint density at radius 2 is 1.68 bits per heavy atom. The maximum Gasteiger partial charge on any atom is 0.132 e. The lowest BCUT2D eigenvalue weighted by Crippen LogP contribution is -2.29. The Bertz CT molecular complexity index is 964. The van der Waals surface area contributed by atoms with Crippen molar-refractivity contribution in [1.82, 2.24) is 4.98 Å². The zero-order valence-electron chi connectivity index (χ0n) is 16.6. The number of nitrogens with zero attached hydrogens (tertiary/aromatic N) is 1. The summed E-state index contributed by atoms with van der Waals surface area (Å²) in [4.78, 5) is 4.25. The first-order valence-corrected chi connectivity index (χ1v) is 10.1. The lowest BCUT2D eigenvalue weighted by atomic mass is 9.86. The van der Waals surface area contributed by atoms with Gasteiger partial charge in [0.25, 0.3) is 0 Å². The van der Waals surface area contributed by atoms with Gasteiger partial charge in [-0.25, -0.2) is 0 Å². The third kappa shape index (κ3) is 3.75. The number of ether oxygens (including phenoxy) is 1. The van der Waals surface area contributed by atoms with Gasteiger partial charge in [-0.2, -0.15) is 0 Å². The van der Waals surface area contributed by atoms with E-state index in [1.165, 1.54) is 18.4 Å². The lowest BCUT2D eigenvalue weighted by molar-refractivity contribution is 0.105. The van der Waals surface area contributed by atoms with E-state index in [2.05, 4.69) is 55.2 Å². The van der Waals surface area contributed by atoms with E-state index in [0.29, 0.717) is 0 Å². The van der Waals surface area contributed by atoms with E-state index >= 15 is 0 Å². The highest BCUT2D eigenvalue weighted by molar-refractivity contribution is 5.81. The smallest absolute Gasteiger partial charge is 0.132 e. The van der Waals surface area contributed by atoms with Crippen molar-refractivity contribution in [2.45, 2.75) is 51.6 Å². The maximum absolute atomic E-state index is 10.7. The van der Waals surface area contributed by atoms with E-state index in [1.54, 1.807) is 6.20 Å². The number of hydrogen-bond donors (Lipinski definition) is 1. The molecule has 0 radical (unpaired) electrons. The molecule has 0 unspecified atom stereocenters. The number of pyridine rings is 1. The normalized spacial score (nSPS) is 14.1. The predicted octanol–water partition coefficient (Wildman–Crippen LogP) is 6.04. The van der Waals surface area contributed by atoms with E-state index < -0.39 is 5.60 Å². The van der Waals surface area contributed by atoms with Crippen LogP contribution < -0.4 is 4.74 Å². The van der Waals surface area contributed by atoms with Gasteiger partial charge < -0.3 is 9.84 Å². The fraction of sp³-hybridized carbons (Fsp3) is 0.320. The molecule has 1 aromatic heterocycles. The number of aryl methyl sites for hydroxylation is 2. The summed E-state index contributed by atoms with van der Waals surface area (Å²) < 4.78 is 6.26. The number of rotatable bonds is 6. The number of hydrogen-bond acceptors (Lipinski definition) is 3. The monoisotopic (exact) mass is 373 g/mol. The number of fused-ring (bicyclic) bond motifs is 3. The Labute approximate surface area is 167 Å². The summed E-state index contributed by atoms with van der Waals surface area (Å²) >= 11 is 0. The highest BCUT2D eigenvalue weighted by Gasteiger charge is 2.34. The molecule has 3 aromatic rings. The summed E-state index contributed by atoms with van der Waals surface area (Å²) in [7, 11) is 0. The largest absolute Gasteiger partial charge is 0.507 e. The minimum absolute atomic E-state index is 0.279. The number of phenols is 1. The number of phenolic OH excluding ortho intramolecular Hbond substituents is 1. The van der Waals surface area contributed by atoms with Crippen LogP contribution >= 0.6 is 0 Å². The second kappa shape index (κ2) is 7.67. The number of aromatic hydroxyl groups is 1. The second-order valence-electron chi connectivity index (χ2n) is 8.07. The average Bonchev–Trinajstić information content (AvgIpc) is 2.68. The van der Waals surface area contributed by atoms with E-state index in [-0.39, 0.29) is 5.75 Å². The van der Waals surface area contributed by atoms with Gasteiger partial charge in [-0.15, -0.1) is 0 Å². The van der Waals surface area contributed by atoms with Crippen molar-refractivity contribution in [2.75, 3.05) is 0 Å². The van der Waals surface area contributed by atoms with Gasteiger partial charge in [0.15, 0.2) is 0 Å². The fourth-order valence-corrected chi connectivity index (χ4v) is 4.08. The molecule has 0 saturated heterocycles.